The Hall–Kier alpha value is -5.12. The van der Waals surface area contributed by atoms with E-state index in [0.29, 0.717) is 0 Å². The van der Waals surface area contributed by atoms with Crippen molar-refractivity contribution < 1.29 is 0 Å². The summed E-state index contributed by atoms with van der Waals surface area (Å²) in [6, 6.07) is 45.6. The Balaban J connectivity index is 1.40. The van der Waals surface area contributed by atoms with E-state index in [9.17, 15) is 0 Å². The Kier molecular flexibility index (Phi) is 13.2. The fourth-order valence-corrected chi connectivity index (χ4v) is 12.2. The second-order valence-electron chi connectivity index (χ2n) is 16.3. The first-order valence-corrected chi connectivity index (χ1v) is 29.5. The first-order valence-electron chi connectivity index (χ1n) is 22.3. The largest absolute Gasteiger partial charge is 0.354 e. The van der Waals surface area contributed by atoms with Crippen molar-refractivity contribution in [3.05, 3.63) is 144 Å². The SMILES string of the molecule is CC[S+](C)c1ccc(-c2c3nc(c(-c4ccc([S+](C)CC)cc4)c4ccc([nH]4)c(-c4ccc([S+](C)CC)cc4)c4nc(c(-c5ccc([S+](C)CC)cc5)c5ccc2[nH]5)C=C4)C=C3)cc1. The molecule has 2 aliphatic heterocycles. The Labute approximate surface area is 391 Å². The molecule has 0 radical (unpaired) electrons. The molecule has 0 fully saturated rings. The maximum atomic E-state index is 5.57. The van der Waals surface area contributed by atoms with E-state index < -0.39 is 0 Å². The molecule has 322 valence electrons. The summed E-state index contributed by atoms with van der Waals surface area (Å²) in [5.74, 6) is 4.50. The number of hydrogen-bond donors (Lipinski definition) is 2. The number of nitrogens with zero attached hydrogens (tertiary/aromatic N) is 2. The van der Waals surface area contributed by atoms with Gasteiger partial charge in [-0.3, -0.25) is 0 Å². The third-order valence-corrected chi connectivity index (χ3v) is 20.4. The molecule has 9 rings (SSSR count). The average molecular weight is 915 g/mol. The van der Waals surface area contributed by atoms with Gasteiger partial charge in [-0.1, -0.05) is 0 Å². The van der Waals surface area contributed by atoms with Gasteiger partial charge in [0.2, 0.25) is 0 Å². The summed E-state index contributed by atoms with van der Waals surface area (Å²) in [7, 11) is 0.762. The molecule has 64 heavy (non-hydrogen) atoms. The average Bonchev–Trinajstić information content (AvgIpc) is 4.20. The van der Waals surface area contributed by atoms with Crippen molar-refractivity contribution in [2.24, 2.45) is 0 Å². The molecule has 4 nitrogen and oxygen atoms in total. The number of aromatic nitrogens is 4. The van der Waals surface area contributed by atoms with E-state index in [1.807, 2.05) is 0 Å². The van der Waals surface area contributed by atoms with Crippen LogP contribution in [0.25, 0.3) is 90.9 Å². The van der Waals surface area contributed by atoms with Gasteiger partial charge in [0.25, 0.3) is 0 Å². The van der Waals surface area contributed by atoms with Crippen molar-refractivity contribution in [1.82, 2.24) is 19.9 Å². The monoisotopic (exact) mass is 914 g/mol. The third kappa shape index (κ3) is 8.70. The molecule has 4 aromatic carbocycles. The molecule has 5 heterocycles. The van der Waals surface area contributed by atoms with Gasteiger partial charge < -0.3 is 9.97 Å². The quantitative estimate of drug-likeness (QED) is 0.120. The van der Waals surface area contributed by atoms with E-state index >= 15 is 0 Å². The number of aromatic amines is 2. The third-order valence-electron chi connectivity index (χ3n) is 12.7. The normalized spacial score (nSPS) is 14.1. The van der Waals surface area contributed by atoms with Crippen LogP contribution < -0.4 is 0 Å². The first kappa shape index (κ1) is 44.1. The Morgan fingerprint density at radius 3 is 0.703 bits per heavy atom. The van der Waals surface area contributed by atoms with E-state index in [4.69, 9.17) is 9.97 Å². The zero-order valence-electron chi connectivity index (χ0n) is 38.2. The number of H-pyrrole nitrogens is 2. The molecule has 3 aromatic heterocycles. The predicted octanol–water partition coefficient (Wildman–Crippen LogP) is 13.8. The smallest absolute Gasteiger partial charge is 0.154 e. The van der Waals surface area contributed by atoms with Gasteiger partial charge in [-0.2, -0.15) is 0 Å². The second-order valence-corrected chi connectivity index (χ2v) is 25.6. The molecule has 4 unspecified atom stereocenters. The summed E-state index contributed by atoms with van der Waals surface area (Å²) in [5, 5.41) is 0. The molecule has 2 N–H and O–H groups in total. The topological polar surface area (TPSA) is 57.4 Å². The number of hydrogen-bond acceptors (Lipinski definition) is 2. The maximum absolute atomic E-state index is 5.57. The highest BCUT2D eigenvalue weighted by atomic mass is 32.2. The predicted molar refractivity (Wildman–Crippen MR) is 289 cm³/mol. The first-order chi connectivity index (χ1) is 31.2. The molecule has 0 saturated carbocycles. The minimum absolute atomic E-state index is 0.191. The van der Waals surface area contributed by atoms with Gasteiger partial charge in [0.1, 0.15) is 48.0 Å². The van der Waals surface area contributed by atoms with Gasteiger partial charge in [-0.25, -0.2) is 9.97 Å². The van der Waals surface area contributed by atoms with E-state index in [1.54, 1.807) is 0 Å². The maximum Gasteiger partial charge on any atom is 0.154 e. The van der Waals surface area contributed by atoms with Crippen molar-refractivity contribution in [2.75, 3.05) is 48.0 Å². The number of benzene rings is 4. The lowest BCUT2D eigenvalue weighted by Gasteiger charge is -2.08. The Morgan fingerprint density at radius 2 is 0.516 bits per heavy atom. The van der Waals surface area contributed by atoms with Crippen LogP contribution in [0.4, 0.5) is 0 Å². The molecule has 0 spiro atoms. The van der Waals surface area contributed by atoms with Crippen LogP contribution in [0.2, 0.25) is 0 Å². The van der Waals surface area contributed by atoms with E-state index in [2.05, 4.69) is 208 Å². The highest BCUT2D eigenvalue weighted by Crippen LogP contribution is 2.39. The van der Waals surface area contributed by atoms with Crippen molar-refractivity contribution in [2.45, 2.75) is 47.3 Å². The minimum atomic E-state index is 0.191. The van der Waals surface area contributed by atoms with Crippen molar-refractivity contribution in [3.8, 4) is 44.5 Å². The van der Waals surface area contributed by atoms with Crippen LogP contribution >= 0.6 is 0 Å². The van der Waals surface area contributed by atoms with E-state index in [1.165, 1.54) is 19.6 Å². The van der Waals surface area contributed by atoms with Gasteiger partial charge in [0.05, 0.1) is 22.8 Å². The van der Waals surface area contributed by atoms with Crippen LogP contribution in [0.1, 0.15) is 50.5 Å². The zero-order valence-corrected chi connectivity index (χ0v) is 41.5. The van der Waals surface area contributed by atoms with Crippen molar-refractivity contribution in [3.63, 3.8) is 0 Å². The number of nitrogens with one attached hydrogen (secondary N) is 2. The van der Waals surface area contributed by atoms with Gasteiger partial charge in [0, 0.05) is 87.9 Å². The van der Waals surface area contributed by atoms with Crippen LogP contribution in [-0.2, 0) is 43.6 Å². The molecule has 8 heteroatoms. The minimum Gasteiger partial charge on any atom is -0.354 e. The summed E-state index contributed by atoms with van der Waals surface area (Å²) >= 11 is 0. The van der Waals surface area contributed by atoms with Crippen LogP contribution in [0.3, 0.4) is 0 Å². The molecule has 2 aliphatic rings. The molecule has 8 bridgehead atoms. The fraction of sp³-hybridized carbons (Fsp3) is 0.214. The van der Waals surface area contributed by atoms with Crippen molar-refractivity contribution in [1.29, 1.82) is 0 Å². The highest BCUT2D eigenvalue weighted by molar-refractivity contribution is 7.97. The molecule has 7 aromatic rings. The number of fused-ring (bicyclic) bond motifs is 8. The van der Waals surface area contributed by atoms with Crippen LogP contribution in [0.5, 0.6) is 0 Å². The van der Waals surface area contributed by atoms with Gasteiger partial charge in [0.15, 0.2) is 19.6 Å². The lowest BCUT2D eigenvalue weighted by molar-refractivity contribution is 1.30. The number of rotatable bonds is 12. The van der Waals surface area contributed by atoms with E-state index in [-0.39, 0.29) is 43.6 Å². The van der Waals surface area contributed by atoms with Crippen LogP contribution in [0, 0.1) is 0 Å². The highest BCUT2D eigenvalue weighted by Gasteiger charge is 2.22. The van der Waals surface area contributed by atoms with Crippen LogP contribution in [0.15, 0.2) is 141 Å². The summed E-state index contributed by atoms with van der Waals surface area (Å²) in [5.41, 5.74) is 16.6. The van der Waals surface area contributed by atoms with Gasteiger partial charge in [-0.15, -0.1) is 0 Å². The fourth-order valence-electron chi connectivity index (χ4n) is 8.50. The summed E-state index contributed by atoms with van der Waals surface area (Å²) < 4.78 is 0. The summed E-state index contributed by atoms with van der Waals surface area (Å²) in [6.45, 7) is 9.07. The van der Waals surface area contributed by atoms with Crippen LogP contribution in [-0.4, -0.2) is 68.0 Å². The van der Waals surface area contributed by atoms with Gasteiger partial charge >= 0.3 is 0 Å². The zero-order chi connectivity index (χ0) is 44.5. The molecule has 0 amide bonds. The molecule has 0 aliphatic carbocycles. The lowest BCUT2D eigenvalue weighted by Crippen LogP contribution is -2.01. The van der Waals surface area contributed by atoms with Gasteiger partial charge in [-0.05, 0) is 196 Å². The molecule has 0 saturated heterocycles. The second kappa shape index (κ2) is 19.2. The molecular weight excluding hydrogens is 857 g/mol. The van der Waals surface area contributed by atoms with E-state index in [0.717, 1.165) is 112 Å². The Bertz CT molecular complexity index is 2630. The Morgan fingerprint density at radius 1 is 0.312 bits per heavy atom. The summed E-state index contributed by atoms with van der Waals surface area (Å²) in [4.78, 5) is 24.5. The molecule has 4 atom stereocenters. The lowest BCUT2D eigenvalue weighted by atomic mass is 10.0. The van der Waals surface area contributed by atoms with Crippen molar-refractivity contribution >= 4 is 90.0 Å². The standard InChI is InChI=1S/C56H58N4S4/c1-9-61(5)41-21-13-37(14-22-41)53-45-29-31-47(57-45)54(38-15-23-42(24-16-38)62(6)10-2)49-33-35-51(59-49)56(40-19-27-44(28-20-40)64(8)12-4)52-36-34-50(60-52)55(48-32-30-46(53)58-48)39-17-25-43(26-18-39)63(7)11-3/h13-36,57,60H,9-12H2,1-8H3/q+4. The summed E-state index contributed by atoms with van der Waals surface area (Å²) in [6.07, 6.45) is 18.1. The molecular formula is C56H58N4S4+4.